The molecule has 0 fully saturated rings. The Labute approximate surface area is 118 Å². The van der Waals surface area contributed by atoms with Crippen molar-refractivity contribution in [3.8, 4) is 0 Å². The predicted molar refractivity (Wildman–Crippen MR) is 73.9 cm³/mol. The Morgan fingerprint density at radius 2 is 2.28 bits per heavy atom. The average molecular weight is 350 g/mol. The Morgan fingerprint density at radius 3 is 2.78 bits per heavy atom. The van der Waals surface area contributed by atoms with Gasteiger partial charge in [0.25, 0.3) is 10.0 Å². The first-order chi connectivity index (χ1) is 8.39. The van der Waals surface area contributed by atoms with Gasteiger partial charge in [0, 0.05) is 26.8 Å². The van der Waals surface area contributed by atoms with Gasteiger partial charge in [0.05, 0.1) is 10.1 Å². The summed E-state index contributed by atoms with van der Waals surface area (Å²) < 4.78 is 28.3. The molecular weight excluding hydrogens is 338 g/mol. The fraction of sp³-hybridized carbons (Fsp3) is 0.300. The summed E-state index contributed by atoms with van der Waals surface area (Å²) in [6.07, 6.45) is 2.97. The third-order valence-corrected chi connectivity index (χ3v) is 5.63. The van der Waals surface area contributed by atoms with E-state index in [-0.39, 0.29) is 5.03 Å². The maximum Gasteiger partial charge on any atom is 0.262 e. The van der Waals surface area contributed by atoms with E-state index in [2.05, 4.69) is 20.9 Å². The predicted octanol–water partition coefficient (Wildman–Crippen LogP) is 2.06. The zero-order chi connectivity index (χ0) is 13.3. The van der Waals surface area contributed by atoms with E-state index in [0.717, 1.165) is 9.35 Å². The first-order valence-electron chi connectivity index (χ1n) is 5.07. The number of hydrogen-bond acceptors (Lipinski definition) is 4. The summed E-state index contributed by atoms with van der Waals surface area (Å²) in [5.41, 5.74) is 0.953. The molecule has 0 radical (unpaired) electrons. The maximum atomic E-state index is 12.2. The number of imidazole rings is 1. The number of sulfonamides is 1. The lowest BCUT2D eigenvalue weighted by molar-refractivity contribution is 0.464. The van der Waals surface area contributed by atoms with Crippen LogP contribution in [-0.2, 0) is 23.6 Å². The fourth-order valence-electron chi connectivity index (χ4n) is 1.45. The zero-order valence-electron chi connectivity index (χ0n) is 9.87. The van der Waals surface area contributed by atoms with Crippen molar-refractivity contribution in [1.82, 2.24) is 13.9 Å². The lowest BCUT2D eigenvalue weighted by atomic mass is 10.3. The minimum atomic E-state index is -3.52. The van der Waals surface area contributed by atoms with E-state index in [9.17, 15) is 8.42 Å². The molecule has 0 aromatic carbocycles. The lowest BCUT2D eigenvalue weighted by Crippen LogP contribution is -2.26. The monoisotopic (exact) mass is 349 g/mol. The molecule has 98 valence electrons. The third-order valence-electron chi connectivity index (χ3n) is 2.38. The van der Waals surface area contributed by atoms with Crippen LogP contribution in [0.4, 0.5) is 0 Å². The van der Waals surface area contributed by atoms with Gasteiger partial charge in [0.2, 0.25) is 0 Å². The van der Waals surface area contributed by atoms with Crippen molar-refractivity contribution >= 4 is 37.3 Å². The molecule has 5 nitrogen and oxygen atoms in total. The van der Waals surface area contributed by atoms with Crippen LogP contribution >= 0.6 is 27.3 Å². The van der Waals surface area contributed by atoms with Gasteiger partial charge in [-0.25, -0.2) is 13.4 Å². The fourth-order valence-corrected chi connectivity index (χ4v) is 3.77. The van der Waals surface area contributed by atoms with E-state index < -0.39 is 10.0 Å². The van der Waals surface area contributed by atoms with Crippen molar-refractivity contribution in [2.45, 2.75) is 11.6 Å². The van der Waals surface area contributed by atoms with Gasteiger partial charge in [-0.1, -0.05) is 0 Å². The summed E-state index contributed by atoms with van der Waals surface area (Å²) in [6, 6.07) is 1.91. The Morgan fingerprint density at radius 1 is 1.56 bits per heavy atom. The number of thiophene rings is 1. The van der Waals surface area contributed by atoms with Gasteiger partial charge in [0.15, 0.2) is 5.03 Å². The van der Waals surface area contributed by atoms with Gasteiger partial charge in [-0.05, 0) is 32.9 Å². The molecule has 0 atom stereocenters. The molecule has 0 saturated heterocycles. The number of aromatic nitrogens is 2. The van der Waals surface area contributed by atoms with Crippen LogP contribution in [0, 0.1) is 0 Å². The second-order valence-corrected chi connectivity index (χ2v) is 8.18. The highest BCUT2D eigenvalue weighted by Gasteiger charge is 2.23. The highest BCUT2D eigenvalue weighted by atomic mass is 79.9. The number of nitrogens with zero attached hydrogens (tertiary/aromatic N) is 3. The summed E-state index contributed by atoms with van der Waals surface area (Å²) in [5.74, 6) is 0. The second kappa shape index (κ2) is 5.12. The molecule has 0 spiro atoms. The van der Waals surface area contributed by atoms with Crippen molar-refractivity contribution < 1.29 is 8.42 Å². The maximum absolute atomic E-state index is 12.2. The first-order valence-corrected chi connectivity index (χ1v) is 8.18. The molecule has 0 saturated carbocycles. The van der Waals surface area contributed by atoms with E-state index in [4.69, 9.17) is 0 Å². The Balaban J connectivity index is 2.20. The lowest BCUT2D eigenvalue weighted by Gasteiger charge is -2.14. The second-order valence-electron chi connectivity index (χ2n) is 3.90. The van der Waals surface area contributed by atoms with Gasteiger partial charge in [-0.15, -0.1) is 11.3 Å². The SMILES string of the molecule is CN(Cc1csc(Br)c1)S(=O)(=O)c1cn(C)cn1. The van der Waals surface area contributed by atoms with E-state index >= 15 is 0 Å². The topological polar surface area (TPSA) is 55.2 Å². The van der Waals surface area contributed by atoms with Crippen molar-refractivity contribution in [2.24, 2.45) is 7.05 Å². The van der Waals surface area contributed by atoms with Gasteiger partial charge < -0.3 is 4.57 Å². The molecule has 0 aliphatic carbocycles. The molecular formula is C10H12BrN3O2S2. The van der Waals surface area contributed by atoms with Crippen molar-refractivity contribution in [3.63, 3.8) is 0 Å². The van der Waals surface area contributed by atoms with Crippen molar-refractivity contribution in [3.05, 3.63) is 33.3 Å². The minimum Gasteiger partial charge on any atom is -0.339 e. The van der Waals surface area contributed by atoms with E-state index in [1.54, 1.807) is 18.7 Å². The van der Waals surface area contributed by atoms with Crippen LogP contribution in [0.5, 0.6) is 0 Å². The highest BCUT2D eigenvalue weighted by Crippen LogP contribution is 2.23. The first kappa shape index (κ1) is 13.7. The van der Waals surface area contributed by atoms with Crippen LogP contribution in [0.2, 0.25) is 0 Å². The summed E-state index contributed by atoms with van der Waals surface area (Å²) in [6.45, 7) is 0.334. The summed E-state index contributed by atoms with van der Waals surface area (Å²) in [5, 5.41) is 2.00. The van der Waals surface area contributed by atoms with Gasteiger partial charge in [0.1, 0.15) is 0 Å². The molecule has 2 aromatic rings. The smallest absolute Gasteiger partial charge is 0.262 e. The Bertz CT molecular complexity index is 648. The summed E-state index contributed by atoms with van der Waals surface area (Å²) >= 11 is 4.89. The number of rotatable bonds is 4. The number of aryl methyl sites for hydroxylation is 1. The van der Waals surface area contributed by atoms with Crippen molar-refractivity contribution in [1.29, 1.82) is 0 Å². The van der Waals surface area contributed by atoms with Gasteiger partial charge in [-0.2, -0.15) is 4.31 Å². The summed E-state index contributed by atoms with van der Waals surface area (Å²) in [4.78, 5) is 3.88. The summed E-state index contributed by atoms with van der Waals surface area (Å²) in [7, 11) is -0.227. The Kier molecular flexibility index (Phi) is 3.90. The normalized spacial score (nSPS) is 12.2. The molecule has 2 rings (SSSR count). The highest BCUT2D eigenvalue weighted by molar-refractivity contribution is 9.11. The van der Waals surface area contributed by atoms with Gasteiger partial charge in [-0.3, -0.25) is 0 Å². The molecule has 0 N–H and O–H groups in total. The van der Waals surface area contributed by atoms with Crippen LogP contribution in [-0.4, -0.2) is 29.3 Å². The Hall–Kier alpha value is -0.700. The van der Waals surface area contributed by atoms with Crippen LogP contribution in [0.1, 0.15) is 5.56 Å². The molecule has 0 amide bonds. The largest absolute Gasteiger partial charge is 0.339 e. The van der Waals surface area contributed by atoms with Crippen LogP contribution in [0.15, 0.2) is 32.8 Å². The van der Waals surface area contributed by atoms with E-state index in [0.29, 0.717) is 6.54 Å². The third kappa shape index (κ3) is 2.82. The molecule has 0 aliphatic heterocycles. The molecule has 0 bridgehead atoms. The zero-order valence-corrected chi connectivity index (χ0v) is 13.1. The number of halogens is 1. The van der Waals surface area contributed by atoms with Crippen LogP contribution in [0.3, 0.4) is 0 Å². The molecule has 0 aliphatic rings. The number of hydrogen-bond donors (Lipinski definition) is 0. The van der Waals surface area contributed by atoms with Crippen LogP contribution in [0.25, 0.3) is 0 Å². The van der Waals surface area contributed by atoms with Crippen molar-refractivity contribution in [2.75, 3.05) is 7.05 Å². The average Bonchev–Trinajstić information content (AvgIpc) is 2.88. The van der Waals surface area contributed by atoms with Gasteiger partial charge >= 0.3 is 0 Å². The van der Waals surface area contributed by atoms with E-state index in [1.807, 2.05) is 11.4 Å². The molecule has 2 heterocycles. The quantitative estimate of drug-likeness (QED) is 0.848. The minimum absolute atomic E-state index is 0.0711. The molecule has 0 unspecified atom stereocenters. The standard InChI is InChI=1S/C10H12BrN3O2S2/c1-13-5-10(12-7-13)18(15,16)14(2)4-8-3-9(11)17-6-8/h3,5-7H,4H2,1-2H3. The molecule has 18 heavy (non-hydrogen) atoms. The molecule has 2 aromatic heterocycles. The van der Waals surface area contributed by atoms with Crippen LogP contribution < -0.4 is 0 Å². The van der Waals surface area contributed by atoms with E-state index in [1.165, 1.54) is 28.2 Å². The molecule has 8 heteroatoms.